The lowest BCUT2D eigenvalue weighted by Crippen LogP contribution is -2.28. The molecule has 0 radical (unpaired) electrons. The number of anilines is 3. The monoisotopic (exact) mass is 983 g/mol. The fourth-order valence-electron chi connectivity index (χ4n) is 13.3. The van der Waals surface area contributed by atoms with Crippen LogP contribution in [-0.4, -0.2) is 0 Å². The molecule has 0 aliphatic heterocycles. The Morgan fingerprint density at radius 3 is 1.20 bits per heavy atom. The summed E-state index contributed by atoms with van der Waals surface area (Å²) in [5.74, 6) is 0. The highest BCUT2D eigenvalue weighted by Gasteiger charge is 2.47. The Hall–Kier alpha value is -9.34. The highest BCUT2D eigenvalue weighted by atomic mass is 32.1. The quantitative estimate of drug-likeness (QED) is 0.139. The maximum absolute atomic E-state index is 2.47. The van der Waals surface area contributed by atoms with Gasteiger partial charge < -0.3 is 4.90 Å². The van der Waals surface area contributed by atoms with E-state index in [0.717, 1.165) is 17.1 Å². The van der Waals surface area contributed by atoms with Gasteiger partial charge >= 0.3 is 0 Å². The Morgan fingerprint density at radius 1 is 0.250 bits per heavy atom. The molecule has 356 valence electrons. The fourth-order valence-corrected chi connectivity index (χ4v) is 14.4. The van der Waals surface area contributed by atoms with Crippen molar-refractivity contribution >= 4 is 48.6 Å². The summed E-state index contributed by atoms with van der Waals surface area (Å²) in [5.41, 5.74) is 22.6. The van der Waals surface area contributed by atoms with Crippen molar-refractivity contribution < 1.29 is 0 Å². The lowest BCUT2D eigenvalue weighted by Gasteiger charge is -2.34. The second-order valence-corrected chi connectivity index (χ2v) is 21.3. The van der Waals surface area contributed by atoms with E-state index in [0.29, 0.717) is 0 Å². The second-order valence-electron chi connectivity index (χ2n) is 20.3. The average molecular weight is 984 g/mol. The van der Waals surface area contributed by atoms with Crippen LogP contribution in [0.4, 0.5) is 17.1 Å². The van der Waals surface area contributed by atoms with Gasteiger partial charge in [0, 0.05) is 37.2 Å². The van der Waals surface area contributed by atoms with E-state index < -0.39 is 10.8 Å². The van der Waals surface area contributed by atoms with Crippen molar-refractivity contribution in [2.75, 3.05) is 4.90 Å². The molecule has 2 heteroatoms. The molecule has 0 saturated heterocycles. The first-order valence-electron chi connectivity index (χ1n) is 26.3. The molecule has 2 aliphatic rings. The summed E-state index contributed by atoms with van der Waals surface area (Å²) in [5, 5.41) is 2.53. The highest BCUT2D eigenvalue weighted by molar-refractivity contribution is 7.26. The van der Waals surface area contributed by atoms with E-state index in [1.807, 2.05) is 11.3 Å². The molecule has 12 aromatic carbocycles. The molecule has 76 heavy (non-hydrogen) atoms. The number of benzene rings is 12. The molecule has 0 atom stereocenters. The zero-order chi connectivity index (χ0) is 50.2. The van der Waals surface area contributed by atoms with E-state index in [2.05, 4.69) is 302 Å². The highest BCUT2D eigenvalue weighted by Crippen LogP contribution is 2.58. The van der Waals surface area contributed by atoms with Crippen LogP contribution in [0.25, 0.3) is 64.7 Å². The van der Waals surface area contributed by atoms with E-state index >= 15 is 0 Å². The standard InChI is InChI=1S/C74H49NS/c1-4-20-50(21-5-1)51-38-42-57(43-39-51)75(58-44-40-55(41-45-58)73(53-23-6-2-7-24-53)66-33-14-10-28-61(66)62-29-11-15-34-67(62)73)59-46-47-70-65(49-59)72-60(32-19-37-71(72)76-70)52-22-18-27-56(48-52)74(54-25-8-3-9-26-54)68-35-16-12-30-63(68)64-31-13-17-36-69(64)74/h1-49H. The van der Waals surface area contributed by atoms with Crippen molar-refractivity contribution in [1.29, 1.82) is 0 Å². The number of fused-ring (bicyclic) bond motifs is 9. The van der Waals surface area contributed by atoms with Crippen molar-refractivity contribution in [3.63, 3.8) is 0 Å². The topological polar surface area (TPSA) is 3.24 Å². The molecule has 0 spiro atoms. The number of hydrogen-bond acceptors (Lipinski definition) is 2. The van der Waals surface area contributed by atoms with Gasteiger partial charge in [0.25, 0.3) is 0 Å². The molecule has 0 unspecified atom stereocenters. The van der Waals surface area contributed by atoms with Gasteiger partial charge in [-0.25, -0.2) is 0 Å². The zero-order valence-corrected chi connectivity index (χ0v) is 42.5. The largest absolute Gasteiger partial charge is 0.310 e. The van der Waals surface area contributed by atoms with Crippen LogP contribution in [0.15, 0.2) is 297 Å². The minimum atomic E-state index is -0.486. The smallest absolute Gasteiger partial charge is 0.0713 e. The summed E-state index contributed by atoms with van der Waals surface area (Å²) in [7, 11) is 0. The molecule has 0 bridgehead atoms. The minimum Gasteiger partial charge on any atom is -0.310 e. The van der Waals surface area contributed by atoms with Gasteiger partial charge in [0.1, 0.15) is 0 Å². The third kappa shape index (κ3) is 6.57. The summed E-state index contributed by atoms with van der Waals surface area (Å²) < 4.78 is 2.54. The fraction of sp³-hybridized carbons (Fsp3) is 0.0270. The van der Waals surface area contributed by atoms with Crippen LogP contribution < -0.4 is 4.90 Å². The Balaban J connectivity index is 0.901. The van der Waals surface area contributed by atoms with Crippen LogP contribution >= 0.6 is 11.3 Å². The Kier molecular flexibility index (Phi) is 10.3. The molecule has 1 nitrogen and oxygen atoms in total. The van der Waals surface area contributed by atoms with E-state index in [-0.39, 0.29) is 0 Å². The summed E-state index contributed by atoms with van der Waals surface area (Å²) in [6, 6.07) is 111. The van der Waals surface area contributed by atoms with Crippen LogP contribution in [0.5, 0.6) is 0 Å². The van der Waals surface area contributed by atoms with E-state index in [1.54, 1.807) is 0 Å². The third-order valence-corrected chi connectivity index (χ3v) is 17.6. The van der Waals surface area contributed by atoms with E-state index in [4.69, 9.17) is 0 Å². The molecule has 0 fully saturated rings. The van der Waals surface area contributed by atoms with Gasteiger partial charge in [0.2, 0.25) is 0 Å². The Bertz CT molecular complexity index is 4230. The van der Waals surface area contributed by atoms with Crippen molar-refractivity contribution in [3.05, 3.63) is 342 Å². The van der Waals surface area contributed by atoms with E-state index in [9.17, 15) is 0 Å². The minimum absolute atomic E-state index is 0.484. The summed E-state index contributed by atoms with van der Waals surface area (Å²) in [6.07, 6.45) is 0. The number of rotatable bonds is 9. The molecular formula is C74H49NS. The molecule has 0 N–H and O–H groups in total. The summed E-state index contributed by atoms with van der Waals surface area (Å²) in [4.78, 5) is 2.44. The molecular weight excluding hydrogens is 935 g/mol. The number of hydrogen-bond donors (Lipinski definition) is 0. The first-order valence-corrected chi connectivity index (χ1v) is 27.1. The SMILES string of the molecule is c1ccc(-c2ccc(N(c3ccc(C4(c5ccccc5)c5ccccc5-c5ccccc54)cc3)c3ccc4sc5cccc(-c6cccc(C7(c8ccccc8)c8ccccc8-c8ccccc87)c6)c5c4c3)cc2)cc1. The molecule has 15 rings (SSSR count). The molecule has 2 aliphatic carbocycles. The van der Waals surface area contributed by atoms with Crippen LogP contribution in [0.1, 0.15) is 44.5 Å². The van der Waals surface area contributed by atoms with Crippen molar-refractivity contribution in [2.24, 2.45) is 0 Å². The van der Waals surface area contributed by atoms with Crippen molar-refractivity contribution in [2.45, 2.75) is 10.8 Å². The van der Waals surface area contributed by atoms with Gasteiger partial charge in [-0.1, -0.05) is 243 Å². The molecule has 1 heterocycles. The van der Waals surface area contributed by atoms with Gasteiger partial charge in [-0.3, -0.25) is 0 Å². The zero-order valence-electron chi connectivity index (χ0n) is 41.6. The van der Waals surface area contributed by atoms with Crippen LogP contribution in [0.2, 0.25) is 0 Å². The first kappa shape index (κ1) is 44.2. The molecule has 1 aromatic heterocycles. The van der Waals surface area contributed by atoms with Gasteiger partial charge in [-0.05, 0) is 144 Å². The van der Waals surface area contributed by atoms with Gasteiger partial charge in [0.15, 0.2) is 0 Å². The van der Waals surface area contributed by atoms with Crippen LogP contribution in [0, 0.1) is 0 Å². The molecule has 0 saturated carbocycles. The van der Waals surface area contributed by atoms with Gasteiger partial charge in [0.05, 0.1) is 10.8 Å². The van der Waals surface area contributed by atoms with Gasteiger partial charge in [-0.2, -0.15) is 0 Å². The Labute approximate surface area is 447 Å². The lowest BCUT2D eigenvalue weighted by molar-refractivity contribution is 0.768. The van der Waals surface area contributed by atoms with Crippen molar-refractivity contribution in [1.82, 2.24) is 0 Å². The number of thiophene rings is 1. The third-order valence-electron chi connectivity index (χ3n) is 16.5. The summed E-state index contributed by atoms with van der Waals surface area (Å²) >= 11 is 1.87. The van der Waals surface area contributed by atoms with Crippen LogP contribution in [0.3, 0.4) is 0 Å². The van der Waals surface area contributed by atoms with Gasteiger partial charge in [-0.15, -0.1) is 11.3 Å². The number of nitrogens with zero attached hydrogens (tertiary/aromatic N) is 1. The Morgan fingerprint density at radius 2 is 0.645 bits per heavy atom. The second kappa shape index (κ2) is 17.7. The summed E-state index contributed by atoms with van der Waals surface area (Å²) in [6.45, 7) is 0. The predicted molar refractivity (Wildman–Crippen MR) is 319 cm³/mol. The predicted octanol–water partition coefficient (Wildman–Crippen LogP) is 19.6. The molecule has 13 aromatic rings. The molecule has 0 amide bonds. The maximum Gasteiger partial charge on any atom is 0.0713 e. The average Bonchev–Trinajstić information content (AvgIpc) is 4.27. The maximum atomic E-state index is 2.47. The normalized spacial score (nSPS) is 13.5. The first-order chi connectivity index (χ1) is 37.7. The lowest BCUT2D eigenvalue weighted by atomic mass is 9.67. The van der Waals surface area contributed by atoms with E-state index in [1.165, 1.54) is 109 Å². The van der Waals surface area contributed by atoms with Crippen molar-refractivity contribution in [3.8, 4) is 44.5 Å². The van der Waals surface area contributed by atoms with Crippen LogP contribution in [-0.2, 0) is 10.8 Å².